The number of likely N-dealkylation sites (tertiary alicyclic amines) is 1. The Morgan fingerprint density at radius 1 is 1.38 bits per heavy atom. The van der Waals surface area contributed by atoms with Crippen molar-refractivity contribution in [1.29, 1.82) is 0 Å². The van der Waals surface area contributed by atoms with Gasteiger partial charge in [-0.05, 0) is 45.3 Å². The first-order valence-electron chi connectivity index (χ1n) is 6.43. The van der Waals surface area contributed by atoms with Crippen molar-refractivity contribution in [2.24, 2.45) is 0 Å². The zero-order valence-corrected chi connectivity index (χ0v) is 9.95. The standard InChI is InChI=1S/C13H22N2O/c1-2-4-13(16)12-5-3-10-15(12)11-6-8-14-9-7-11/h2,11-12,14H,1,3-10H2. The molecule has 0 aliphatic carbocycles. The lowest BCUT2D eigenvalue weighted by atomic mass is 10.0. The molecule has 0 aromatic rings. The second kappa shape index (κ2) is 5.60. The Labute approximate surface area is 97.9 Å². The van der Waals surface area contributed by atoms with Crippen LogP contribution in [0.1, 0.15) is 32.1 Å². The maximum absolute atomic E-state index is 12.0. The van der Waals surface area contributed by atoms with E-state index in [4.69, 9.17) is 0 Å². The smallest absolute Gasteiger partial charge is 0.153 e. The lowest BCUT2D eigenvalue weighted by Gasteiger charge is -2.35. The van der Waals surface area contributed by atoms with Crippen LogP contribution in [0.25, 0.3) is 0 Å². The molecule has 2 fully saturated rings. The van der Waals surface area contributed by atoms with Crippen LogP contribution in [0, 0.1) is 0 Å². The summed E-state index contributed by atoms with van der Waals surface area (Å²) >= 11 is 0. The van der Waals surface area contributed by atoms with Gasteiger partial charge in [0, 0.05) is 12.5 Å². The summed E-state index contributed by atoms with van der Waals surface area (Å²) in [5, 5.41) is 3.38. The Bertz CT molecular complexity index is 259. The van der Waals surface area contributed by atoms with Crippen molar-refractivity contribution in [1.82, 2.24) is 10.2 Å². The van der Waals surface area contributed by atoms with Crippen molar-refractivity contribution in [3.63, 3.8) is 0 Å². The number of Topliss-reactive ketones (excluding diaryl/α,β-unsaturated/α-hetero) is 1. The Morgan fingerprint density at radius 2 is 2.12 bits per heavy atom. The maximum Gasteiger partial charge on any atom is 0.153 e. The summed E-state index contributed by atoms with van der Waals surface area (Å²) in [4.78, 5) is 14.4. The fourth-order valence-electron chi connectivity index (χ4n) is 2.99. The van der Waals surface area contributed by atoms with Crippen LogP contribution in [0.15, 0.2) is 12.7 Å². The van der Waals surface area contributed by atoms with Gasteiger partial charge in [-0.3, -0.25) is 9.69 Å². The molecule has 0 aromatic carbocycles. The van der Waals surface area contributed by atoms with Crippen LogP contribution in [-0.2, 0) is 4.79 Å². The minimum Gasteiger partial charge on any atom is -0.317 e. The summed E-state index contributed by atoms with van der Waals surface area (Å²) in [5.41, 5.74) is 0. The van der Waals surface area contributed by atoms with E-state index in [0.717, 1.165) is 26.1 Å². The molecule has 0 bridgehead atoms. The van der Waals surface area contributed by atoms with E-state index in [1.807, 2.05) is 0 Å². The molecule has 2 heterocycles. The second-order valence-electron chi connectivity index (χ2n) is 4.84. The molecule has 16 heavy (non-hydrogen) atoms. The first-order valence-corrected chi connectivity index (χ1v) is 6.43. The Morgan fingerprint density at radius 3 is 2.81 bits per heavy atom. The summed E-state index contributed by atoms with van der Waals surface area (Å²) in [6.07, 6.45) is 6.89. The van der Waals surface area contributed by atoms with Gasteiger partial charge in [-0.25, -0.2) is 0 Å². The van der Waals surface area contributed by atoms with Crippen LogP contribution in [0.4, 0.5) is 0 Å². The summed E-state index contributed by atoms with van der Waals surface area (Å²) in [6, 6.07) is 0.809. The summed E-state index contributed by atoms with van der Waals surface area (Å²) in [5.74, 6) is 0.367. The normalized spacial score (nSPS) is 28.1. The first-order chi connectivity index (χ1) is 7.83. The SMILES string of the molecule is C=CCC(=O)C1CCCN1C1CCNCC1. The van der Waals surface area contributed by atoms with Crippen LogP contribution in [0.5, 0.6) is 0 Å². The Hall–Kier alpha value is -0.670. The van der Waals surface area contributed by atoms with Gasteiger partial charge in [0.2, 0.25) is 0 Å². The van der Waals surface area contributed by atoms with Crippen molar-refractivity contribution in [3.05, 3.63) is 12.7 Å². The van der Waals surface area contributed by atoms with Crippen molar-refractivity contribution in [3.8, 4) is 0 Å². The number of hydrogen-bond acceptors (Lipinski definition) is 3. The van der Waals surface area contributed by atoms with Gasteiger partial charge in [-0.1, -0.05) is 6.08 Å². The first kappa shape index (κ1) is 11.8. The number of nitrogens with one attached hydrogen (secondary N) is 1. The van der Waals surface area contributed by atoms with E-state index < -0.39 is 0 Å². The van der Waals surface area contributed by atoms with Gasteiger partial charge in [-0.15, -0.1) is 6.58 Å². The highest BCUT2D eigenvalue weighted by Crippen LogP contribution is 2.25. The van der Waals surface area contributed by atoms with Gasteiger partial charge in [0.25, 0.3) is 0 Å². The molecular weight excluding hydrogens is 200 g/mol. The molecule has 3 nitrogen and oxygen atoms in total. The third kappa shape index (κ3) is 2.53. The van der Waals surface area contributed by atoms with Gasteiger partial charge < -0.3 is 5.32 Å². The van der Waals surface area contributed by atoms with Crippen LogP contribution in [0.2, 0.25) is 0 Å². The predicted molar refractivity (Wildman–Crippen MR) is 65.4 cm³/mol. The van der Waals surface area contributed by atoms with E-state index in [1.54, 1.807) is 6.08 Å². The molecule has 90 valence electrons. The van der Waals surface area contributed by atoms with Crippen LogP contribution < -0.4 is 5.32 Å². The quantitative estimate of drug-likeness (QED) is 0.729. The third-order valence-corrected chi connectivity index (χ3v) is 3.79. The minimum atomic E-state index is 0.182. The zero-order chi connectivity index (χ0) is 11.4. The van der Waals surface area contributed by atoms with Gasteiger partial charge in [0.05, 0.1) is 6.04 Å². The average Bonchev–Trinajstić information content (AvgIpc) is 2.79. The number of nitrogens with zero attached hydrogens (tertiary/aromatic N) is 1. The summed E-state index contributed by atoms with van der Waals surface area (Å²) < 4.78 is 0. The molecule has 1 atom stereocenters. The van der Waals surface area contributed by atoms with E-state index >= 15 is 0 Å². The topological polar surface area (TPSA) is 32.3 Å². The fourth-order valence-corrected chi connectivity index (χ4v) is 2.99. The van der Waals surface area contributed by atoms with Gasteiger partial charge >= 0.3 is 0 Å². The molecule has 3 heteroatoms. The highest BCUT2D eigenvalue weighted by molar-refractivity contribution is 5.85. The van der Waals surface area contributed by atoms with E-state index in [2.05, 4.69) is 16.8 Å². The maximum atomic E-state index is 12.0. The van der Waals surface area contributed by atoms with Gasteiger partial charge in [0.1, 0.15) is 0 Å². The number of rotatable bonds is 4. The minimum absolute atomic E-state index is 0.182. The molecule has 2 aliphatic rings. The molecule has 2 rings (SSSR count). The monoisotopic (exact) mass is 222 g/mol. The van der Waals surface area contributed by atoms with Gasteiger partial charge in [-0.2, -0.15) is 0 Å². The van der Waals surface area contributed by atoms with Crippen LogP contribution in [0.3, 0.4) is 0 Å². The molecule has 0 aromatic heterocycles. The molecular formula is C13H22N2O. The number of piperidine rings is 1. The van der Waals surface area contributed by atoms with E-state index in [0.29, 0.717) is 18.2 Å². The Balaban J connectivity index is 1.96. The van der Waals surface area contributed by atoms with Crippen LogP contribution in [-0.4, -0.2) is 42.4 Å². The number of ketones is 1. The lowest BCUT2D eigenvalue weighted by molar-refractivity contribution is -0.123. The average molecular weight is 222 g/mol. The highest BCUT2D eigenvalue weighted by Gasteiger charge is 2.34. The number of carbonyl (C=O) groups excluding carboxylic acids is 1. The Kier molecular flexibility index (Phi) is 4.13. The van der Waals surface area contributed by atoms with Crippen molar-refractivity contribution < 1.29 is 4.79 Å². The van der Waals surface area contributed by atoms with Crippen molar-refractivity contribution in [2.45, 2.75) is 44.2 Å². The van der Waals surface area contributed by atoms with Crippen molar-refractivity contribution in [2.75, 3.05) is 19.6 Å². The molecule has 0 spiro atoms. The van der Waals surface area contributed by atoms with Crippen LogP contribution >= 0.6 is 0 Å². The van der Waals surface area contributed by atoms with E-state index in [9.17, 15) is 4.79 Å². The molecule has 2 saturated heterocycles. The summed E-state index contributed by atoms with van der Waals surface area (Å²) in [6.45, 7) is 6.97. The number of carbonyl (C=O) groups is 1. The molecule has 0 saturated carbocycles. The van der Waals surface area contributed by atoms with E-state index in [-0.39, 0.29) is 6.04 Å². The summed E-state index contributed by atoms with van der Waals surface area (Å²) in [7, 11) is 0. The van der Waals surface area contributed by atoms with Crippen molar-refractivity contribution >= 4 is 5.78 Å². The third-order valence-electron chi connectivity index (χ3n) is 3.79. The molecule has 1 N–H and O–H groups in total. The molecule has 1 unspecified atom stereocenters. The molecule has 2 aliphatic heterocycles. The largest absolute Gasteiger partial charge is 0.317 e. The highest BCUT2D eigenvalue weighted by atomic mass is 16.1. The molecule has 0 amide bonds. The number of allylic oxidation sites excluding steroid dienone is 1. The molecule has 0 radical (unpaired) electrons. The number of hydrogen-bond donors (Lipinski definition) is 1. The van der Waals surface area contributed by atoms with Gasteiger partial charge in [0.15, 0.2) is 5.78 Å². The van der Waals surface area contributed by atoms with E-state index in [1.165, 1.54) is 19.3 Å². The lowest BCUT2D eigenvalue weighted by Crippen LogP contribution is -2.47. The second-order valence-corrected chi connectivity index (χ2v) is 4.84. The predicted octanol–water partition coefficient (Wildman–Crippen LogP) is 1.35. The zero-order valence-electron chi connectivity index (χ0n) is 9.95. The fraction of sp³-hybridized carbons (Fsp3) is 0.769.